The fraction of sp³-hybridized carbons (Fsp3) is 0.882. The van der Waals surface area contributed by atoms with Crippen LogP contribution in [-0.4, -0.2) is 102 Å². The number of hydrogen-bond donors (Lipinski definition) is 3. The quantitative estimate of drug-likeness (QED) is 0.0678. The van der Waals surface area contributed by atoms with Gasteiger partial charge in [-0.3, -0.25) is 19.2 Å². The molecule has 7 atom stereocenters. The molecule has 0 radical (unpaired) electrons. The molecular weight excluding hydrogens is 616 g/mol. The van der Waals surface area contributed by atoms with Crippen LogP contribution in [0.25, 0.3) is 0 Å². The van der Waals surface area contributed by atoms with E-state index in [2.05, 4.69) is 13.8 Å². The number of rotatable bonds is 26. The Morgan fingerprint density at radius 1 is 0.638 bits per heavy atom. The Labute approximate surface area is 279 Å². The van der Waals surface area contributed by atoms with Gasteiger partial charge in [-0.15, -0.1) is 0 Å². The molecule has 13 nitrogen and oxygen atoms in total. The van der Waals surface area contributed by atoms with Crippen LogP contribution in [0.4, 0.5) is 0 Å². The van der Waals surface area contributed by atoms with Crippen LogP contribution >= 0.6 is 0 Å². The third-order valence-electron chi connectivity index (χ3n) is 7.91. The van der Waals surface area contributed by atoms with E-state index in [1.807, 2.05) is 0 Å². The molecule has 1 heterocycles. The van der Waals surface area contributed by atoms with Gasteiger partial charge in [-0.2, -0.15) is 0 Å². The first kappa shape index (κ1) is 42.7. The molecule has 274 valence electrons. The highest BCUT2D eigenvalue weighted by Gasteiger charge is 2.53. The van der Waals surface area contributed by atoms with E-state index in [0.29, 0.717) is 12.8 Å². The van der Waals surface area contributed by atoms with Gasteiger partial charge in [-0.25, -0.2) is 0 Å². The Balaban J connectivity index is 3.20. The lowest BCUT2D eigenvalue weighted by Crippen LogP contribution is -2.63. The number of aliphatic hydroxyl groups is 3. The number of ether oxygens (including phenoxy) is 6. The highest BCUT2D eigenvalue weighted by Crippen LogP contribution is 2.31. The SMILES string of the molecule is CCCCCCCCCC(=O)O[C@@H]1[C@H](OC(=O)CCCCCCCCC)[C@H](OC[C@@H](O)[C@@H](O)CO)O[C@H](COC(C)=O)[C@H]1OC(C)=O. The molecule has 13 heteroatoms. The number of carbonyl (C=O) groups excluding carboxylic acids is 4. The molecular formula is C34H60O13. The van der Waals surface area contributed by atoms with Crippen molar-refractivity contribution in [2.45, 2.75) is 173 Å². The molecule has 1 fully saturated rings. The fourth-order valence-corrected chi connectivity index (χ4v) is 5.24. The normalized spacial score (nSPS) is 22.2. The van der Waals surface area contributed by atoms with Gasteiger partial charge in [0.2, 0.25) is 0 Å². The van der Waals surface area contributed by atoms with E-state index in [4.69, 9.17) is 28.4 Å². The minimum Gasteiger partial charge on any atom is -0.463 e. The second-order valence-electron chi connectivity index (χ2n) is 12.2. The highest BCUT2D eigenvalue weighted by molar-refractivity contribution is 5.71. The van der Waals surface area contributed by atoms with E-state index in [9.17, 15) is 34.5 Å². The summed E-state index contributed by atoms with van der Waals surface area (Å²) in [7, 11) is 0. The van der Waals surface area contributed by atoms with Crippen molar-refractivity contribution in [1.29, 1.82) is 0 Å². The number of esters is 4. The van der Waals surface area contributed by atoms with Crippen LogP contribution < -0.4 is 0 Å². The van der Waals surface area contributed by atoms with Gasteiger partial charge in [0.05, 0.1) is 13.2 Å². The summed E-state index contributed by atoms with van der Waals surface area (Å²) in [6.07, 6.45) is 3.91. The molecule has 0 amide bonds. The van der Waals surface area contributed by atoms with Crippen LogP contribution in [0.15, 0.2) is 0 Å². The molecule has 0 spiro atoms. The Morgan fingerprint density at radius 2 is 1.13 bits per heavy atom. The Bertz CT molecular complexity index is 882. The Hall–Kier alpha value is -2.32. The average Bonchev–Trinajstić information content (AvgIpc) is 3.03. The smallest absolute Gasteiger partial charge is 0.306 e. The summed E-state index contributed by atoms with van der Waals surface area (Å²) in [6, 6.07) is 0. The lowest BCUT2D eigenvalue weighted by molar-refractivity contribution is -0.312. The van der Waals surface area contributed by atoms with Gasteiger partial charge in [-0.1, -0.05) is 90.9 Å². The van der Waals surface area contributed by atoms with Crippen LogP contribution in [0.5, 0.6) is 0 Å². The van der Waals surface area contributed by atoms with E-state index < -0.39 is 86.6 Å². The Morgan fingerprint density at radius 3 is 1.60 bits per heavy atom. The van der Waals surface area contributed by atoms with E-state index in [-0.39, 0.29) is 12.8 Å². The first-order chi connectivity index (χ1) is 22.5. The molecule has 0 bridgehead atoms. The molecule has 1 saturated heterocycles. The van der Waals surface area contributed by atoms with Crippen molar-refractivity contribution in [3.8, 4) is 0 Å². The van der Waals surface area contributed by atoms with Gasteiger partial charge in [0.1, 0.15) is 24.9 Å². The third-order valence-corrected chi connectivity index (χ3v) is 7.91. The molecule has 0 aromatic heterocycles. The summed E-state index contributed by atoms with van der Waals surface area (Å²) in [5.41, 5.74) is 0. The van der Waals surface area contributed by atoms with Crippen molar-refractivity contribution in [3.05, 3.63) is 0 Å². The van der Waals surface area contributed by atoms with E-state index >= 15 is 0 Å². The lowest BCUT2D eigenvalue weighted by atomic mass is 9.97. The molecule has 0 aliphatic carbocycles. The molecule has 1 aliphatic rings. The molecule has 0 aromatic carbocycles. The van der Waals surface area contributed by atoms with Gasteiger partial charge >= 0.3 is 23.9 Å². The zero-order chi connectivity index (χ0) is 35.0. The molecule has 0 unspecified atom stereocenters. The van der Waals surface area contributed by atoms with Crippen LogP contribution in [0.3, 0.4) is 0 Å². The van der Waals surface area contributed by atoms with Crippen molar-refractivity contribution < 1.29 is 62.9 Å². The summed E-state index contributed by atoms with van der Waals surface area (Å²) in [5, 5.41) is 29.3. The van der Waals surface area contributed by atoms with Crippen LogP contribution in [0.1, 0.15) is 130 Å². The molecule has 47 heavy (non-hydrogen) atoms. The Kier molecular flexibility index (Phi) is 23.3. The minimum absolute atomic E-state index is 0.0661. The second kappa shape index (κ2) is 25.7. The van der Waals surface area contributed by atoms with Crippen molar-refractivity contribution in [2.75, 3.05) is 19.8 Å². The van der Waals surface area contributed by atoms with Crippen molar-refractivity contribution in [3.63, 3.8) is 0 Å². The van der Waals surface area contributed by atoms with Crippen LogP contribution in [0.2, 0.25) is 0 Å². The van der Waals surface area contributed by atoms with Gasteiger partial charge in [-0.05, 0) is 12.8 Å². The summed E-state index contributed by atoms with van der Waals surface area (Å²) in [4.78, 5) is 50.1. The average molecular weight is 677 g/mol. The van der Waals surface area contributed by atoms with E-state index in [1.54, 1.807) is 0 Å². The molecule has 0 aromatic rings. The summed E-state index contributed by atoms with van der Waals surface area (Å²) >= 11 is 0. The van der Waals surface area contributed by atoms with Crippen LogP contribution in [-0.2, 0) is 47.6 Å². The standard InChI is InChI=1S/C34H60O13/c1-5-7-9-11-13-15-17-19-29(40)46-32-31(44-25(4)37)28(23-42-24(3)36)45-34(43-22-27(39)26(38)21-35)33(32)47-30(41)20-18-16-14-12-10-8-6-2/h26-28,31-35,38-39H,5-23H2,1-4H3/t26-,27+,28+,31+,32-,33-,34+/m0/s1. The molecule has 0 saturated carbocycles. The van der Waals surface area contributed by atoms with Gasteiger partial charge in [0.15, 0.2) is 24.6 Å². The van der Waals surface area contributed by atoms with Crippen molar-refractivity contribution >= 4 is 23.9 Å². The molecule has 3 N–H and O–H groups in total. The largest absolute Gasteiger partial charge is 0.463 e. The van der Waals surface area contributed by atoms with E-state index in [0.717, 1.165) is 84.0 Å². The number of aliphatic hydroxyl groups excluding tert-OH is 3. The first-order valence-corrected chi connectivity index (χ1v) is 17.5. The molecule has 1 rings (SSSR count). The maximum atomic E-state index is 13.1. The number of carbonyl (C=O) groups is 4. The van der Waals surface area contributed by atoms with E-state index in [1.165, 1.54) is 6.92 Å². The maximum Gasteiger partial charge on any atom is 0.306 e. The third kappa shape index (κ3) is 18.7. The predicted molar refractivity (Wildman–Crippen MR) is 171 cm³/mol. The monoisotopic (exact) mass is 676 g/mol. The zero-order valence-electron chi connectivity index (χ0n) is 28.9. The number of hydrogen-bond acceptors (Lipinski definition) is 13. The first-order valence-electron chi connectivity index (χ1n) is 17.5. The van der Waals surface area contributed by atoms with Gasteiger partial charge in [0.25, 0.3) is 0 Å². The van der Waals surface area contributed by atoms with Crippen molar-refractivity contribution in [2.24, 2.45) is 0 Å². The fourth-order valence-electron chi connectivity index (χ4n) is 5.24. The summed E-state index contributed by atoms with van der Waals surface area (Å²) in [5.74, 6) is -2.63. The molecule has 1 aliphatic heterocycles. The van der Waals surface area contributed by atoms with Gasteiger partial charge < -0.3 is 43.7 Å². The second-order valence-corrected chi connectivity index (χ2v) is 12.2. The van der Waals surface area contributed by atoms with Gasteiger partial charge in [0, 0.05) is 26.7 Å². The number of unbranched alkanes of at least 4 members (excludes halogenated alkanes) is 12. The highest BCUT2D eigenvalue weighted by atomic mass is 16.7. The van der Waals surface area contributed by atoms with Crippen LogP contribution in [0, 0.1) is 0 Å². The van der Waals surface area contributed by atoms with Crippen molar-refractivity contribution in [1.82, 2.24) is 0 Å². The summed E-state index contributed by atoms with van der Waals surface area (Å²) in [6.45, 7) is 4.89. The predicted octanol–water partition coefficient (Wildman–Crippen LogP) is 4.04. The maximum absolute atomic E-state index is 13.1. The minimum atomic E-state index is -1.54. The summed E-state index contributed by atoms with van der Waals surface area (Å²) < 4.78 is 34.0. The lowest BCUT2D eigenvalue weighted by Gasteiger charge is -2.44. The topological polar surface area (TPSA) is 184 Å². The zero-order valence-corrected chi connectivity index (χ0v) is 28.9.